The van der Waals surface area contributed by atoms with E-state index in [1.807, 2.05) is 0 Å². The summed E-state index contributed by atoms with van der Waals surface area (Å²) in [6.07, 6.45) is 45.6. The van der Waals surface area contributed by atoms with Gasteiger partial charge in [0.1, 0.15) is 25.4 Å². The maximum Gasteiger partial charge on any atom is 0.472 e. The minimum absolute atomic E-state index is 0.114. The van der Waals surface area contributed by atoms with Crippen LogP contribution in [0.2, 0.25) is 0 Å². The van der Waals surface area contributed by atoms with Gasteiger partial charge in [-0.05, 0) is 44.9 Å². The second-order valence-corrected chi connectivity index (χ2v) is 24.1. The molecule has 0 aliphatic rings. The number of aliphatic hydroxyl groups is 2. The summed E-state index contributed by atoms with van der Waals surface area (Å²) in [6.45, 7) is 2.68. The Morgan fingerprint density at radius 2 is 0.610 bits per heavy atom. The van der Waals surface area contributed by atoms with Crippen LogP contribution in [0.1, 0.15) is 290 Å². The van der Waals surface area contributed by atoms with Gasteiger partial charge in [0.05, 0.1) is 26.4 Å². The highest BCUT2D eigenvalue weighted by Crippen LogP contribution is 2.45. The van der Waals surface area contributed by atoms with Gasteiger partial charge >= 0.3 is 33.6 Å². The SMILES string of the molecule is CCCCCCCC/C=C\CCCCCCCC(=O)OCC(O)COP(=O)(O)OCC(O)COP(=O)(O)OCC(COC(=O)CCCCCCCCCCCCCCCCC)OC(=O)CCCCCCCCCCCCC. The van der Waals surface area contributed by atoms with Gasteiger partial charge in [0, 0.05) is 19.3 Å². The van der Waals surface area contributed by atoms with E-state index in [9.17, 15) is 43.5 Å². The lowest BCUT2D eigenvalue weighted by molar-refractivity contribution is -0.161. The normalized spacial score (nSPS) is 14.5. The van der Waals surface area contributed by atoms with E-state index in [0.717, 1.165) is 83.5 Å². The van der Waals surface area contributed by atoms with Gasteiger partial charge in [0.2, 0.25) is 0 Å². The predicted molar refractivity (Wildman–Crippen MR) is 307 cm³/mol. The number of allylic oxidation sites excluding steroid dienone is 2. The molecule has 0 aromatic carbocycles. The van der Waals surface area contributed by atoms with Crippen molar-refractivity contribution < 1.29 is 75.8 Å². The summed E-state index contributed by atoms with van der Waals surface area (Å²) in [6, 6.07) is 0. The zero-order valence-corrected chi connectivity index (χ0v) is 50.7. The molecule has 0 saturated carbocycles. The molecular formula is C59H114O16P2. The third kappa shape index (κ3) is 56.0. The Bertz CT molecular complexity index is 1480. The number of phosphoric ester groups is 2. The van der Waals surface area contributed by atoms with Gasteiger partial charge in [-0.3, -0.25) is 32.5 Å². The molecule has 0 aromatic rings. The zero-order valence-electron chi connectivity index (χ0n) is 48.9. The molecule has 0 bridgehead atoms. The quantitative estimate of drug-likeness (QED) is 0.0146. The largest absolute Gasteiger partial charge is 0.472 e. The summed E-state index contributed by atoms with van der Waals surface area (Å²) >= 11 is 0. The molecule has 0 radical (unpaired) electrons. The molecule has 4 N–H and O–H groups in total. The van der Waals surface area contributed by atoms with Crippen molar-refractivity contribution in [3.05, 3.63) is 12.2 Å². The monoisotopic (exact) mass is 1140 g/mol. The van der Waals surface area contributed by atoms with E-state index in [1.54, 1.807) is 0 Å². The molecule has 0 spiro atoms. The Kier molecular flexibility index (Phi) is 53.6. The van der Waals surface area contributed by atoms with Gasteiger partial charge in [0.25, 0.3) is 0 Å². The summed E-state index contributed by atoms with van der Waals surface area (Å²) in [5, 5.41) is 20.4. The van der Waals surface area contributed by atoms with Gasteiger partial charge in [0.15, 0.2) is 6.10 Å². The predicted octanol–water partition coefficient (Wildman–Crippen LogP) is 16.0. The lowest BCUT2D eigenvalue weighted by atomic mass is 10.0. The van der Waals surface area contributed by atoms with Crippen LogP contribution in [0.25, 0.3) is 0 Å². The van der Waals surface area contributed by atoms with Crippen LogP contribution in [0.5, 0.6) is 0 Å². The lowest BCUT2D eigenvalue weighted by Crippen LogP contribution is -2.30. The highest BCUT2D eigenvalue weighted by molar-refractivity contribution is 7.47. The molecule has 0 amide bonds. The van der Waals surface area contributed by atoms with Crippen LogP contribution in [0.3, 0.4) is 0 Å². The Morgan fingerprint density at radius 1 is 0.351 bits per heavy atom. The molecular weight excluding hydrogens is 1030 g/mol. The van der Waals surface area contributed by atoms with Crippen LogP contribution in [-0.4, -0.2) is 95.9 Å². The van der Waals surface area contributed by atoms with Crippen LogP contribution in [0.15, 0.2) is 12.2 Å². The van der Waals surface area contributed by atoms with E-state index in [4.69, 9.17) is 32.3 Å². The van der Waals surface area contributed by atoms with Crippen LogP contribution >= 0.6 is 15.6 Å². The van der Waals surface area contributed by atoms with Crippen LogP contribution < -0.4 is 0 Å². The van der Waals surface area contributed by atoms with E-state index < -0.39 is 91.5 Å². The van der Waals surface area contributed by atoms with Gasteiger partial charge in [-0.1, -0.05) is 238 Å². The number of carbonyl (C=O) groups is 3. The third-order valence-corrected chi connectivity index (χ3v) is 15.4. The molecule has 77 heavy (non-hydrogen) atoms. The molecule has 0 rings (SSSR count). The molecule has 0 aliphatic heterocycles. The second-order valence-electron chi connectivity index (χ2n) is 21.2. The number of phosphoric acid groups is 2. The first-order valence-corrected chi connectivity index (χ1v) is 34.0. The summed E-state index contributed by atoms with van der Waals surface area (Å²) in [7, 11) is -9.73. The topological polar surface area (TPSA) is 231 Å². The fourth-order valence-corrected chi connectivity index (χ4v) is 10.3. The van der Waals surface area contributed by atoms with Crippen molar-refractivity contribution in [2.24, 2.45) is 0 Å². The number of rotatable bonds is 60. The zero-order chi connectivity index (χ0) is 56.8. The molecule has 0 aliphatic carbocycles. The number of ether oxygens (including phenoxy) is 3. The molecule has 0 aromatic heterocycles. The van der Waals surface area contributed by atoms with E-state index in [0.29, 0.717) is 19.3 Å². The summed E-state index contributed by atoms with van der Waals surface area (Å²) < 4.78 is 60.6. The molecule has 0 saturated heterocycles. The number of hydrogen-bond acceptors (Lipinski definition) is 14. The molecule has 16 nitrogen and oxygen atoms in total. The van der Waals surface area contributed by atoms with Gasteiger partial charge in [-0.15, -0.1) is 0 Å². The molecule has 5 atom stereocenters. The second kappa shape index (κ2) is 54.9. The maximum absolute atomic E-state index is 12.8. The number of aliphatic hydroxyl groups excluding tert-OH is 2. The van der Waals surface area contributed by atoms with Crippen molar-refractivity contribution in [3.63, 3.8) is 0 Å². The first-order valence-electron chi connectivity index (χ1n) is 31.0. The average Bonchev–Trinajstić information content (AvgIpc) is 3.40. The van der Waals surface area contributed by atoms with Crippen LogP contribution in [0, 0.1) is 0 Å². The number of hydrogen-bond donors (Lipinski definition) is 4. The van der Waals surface area contributed by atoms with Crippen LogP contribution in [-0.2, 0) is 55.8 Å². The van der Waals surface area contributed by atoms with Gasteiger partial charge in [-0.2, -0.15) is 0 Å². The van der Waals surface area contributed by atoms with Crippen molar-refractivity contribution in [2.45, 2.75) is 309 Å². The Hall–Kier alpha value is -1.71. The summed E-state index contributed by atoms with van der Waals surface area (Å²) in [5.74, 6) is -1.56. The van der Waals surface area contributed by atoms with E-state index in [1.165, 1.54) is 148 Å². The van der Waals surface area contributed by atoms with Crippen molar-refractivity contribution in [1.29, 1.82) is 0 Å². The van der Waals surface area contributed by atoms with Crippen molar-refractivity contribution >= 4 is 33.6 Å². The fourth-order valence-electron chi connectivity index (χ4n) is 8.68. The maximum atomic E-state index is 12.8. The Labute approximate surface area is 468 Å². The average molecular weight is 1140 g/mol. The molecule has 0 fully saturated rings. The number of unbranched alkanes of at least 4 members (excludes halogenated alkanes) is 35. The van der Waals surface area contributed by atoms with Crippen molar-refractivity contribution in [2.75, 3.05) is 39.6 Å². The third-order valence-electron chi connectivity index (χ3n) is 13.5. The van der Waals surface area contributed by atoms with Gasteiger partial charge in [-0.25, -0.2) is 9.13 Å². The van der Waals surface area contributed by atoms with E-state index in [-0.39, 0.29) is 19.3 Å². The summed E-state index contributed by atoms with van der Waals surface area (Å²) in [4.78, 5) is 58.0. The number of carbonyl (C=O) groups excluding carboxylic acids is 3. The van der Waals surface area contributed by atoms with E-state index >= 15 is 0 Å². The van der Waals surface area contributed by atoms with Crippen molar-refractivity contribution in [1.82, 2.24) is 0 Å². The lowest BCUT2D eigenvalue weighted by Gasteiger charge is -2.21. The first-order chi connectivity index (χ1) is 37.2. The smallest absolute Gasteiger partial charge is 0.463 e. The fraction of sp³-hybridized carbons (Fsp3) is 0.915. The minimum atomic E-state index is -4.90. The molecule has 0 heterocycles. The highest BCUT2D eigenvalue weighted by atomic mass is 31.2. The minimum Gasteiger partial charge on any atom is -0.463 e. The Balaban J connectivity index is 4.62. The molecule has 18 heteroatoms. The first kappa shape index (κ1) is 75.3. The summed E-state index contributed by atoms with van der Waals surface area (Å²) in [5.41, 5.74) is 0. The molecule has 5 unspecified atom stereocenters. The highest BCUT2D eigenvalue weighted by Gasteiger charge is 2.29. The van der Waals surface area contributed by atoms with Crippen LogP contribution in [0.4, 0.5) is 0 Å². The van der Waals surface area contributed by atoms with Gasteiger partial charge < -0.3 is 34.2 Å². The van der Waals surface area contributed by atoms with E-state index in [2.05, 4.69) is 32.9 Å². The Morgan fingerprint density at radius 3 is 0.948 bits per heavy atom. The molecule has 456 valence electrons. The van der Waals surface area contributed by atoms with Crippen molar-refractivity contribution in [3.8, 4) is 0 Å². The standard InChI is InChI=1S/C59H114O16P2/c1-4-7-10-13-16-19-22-24-26-28-31-33-36-39-42-45-57(62)69-48-54(60)49-71-76(65,66)72-50-55(61)51-73-77(67,68)74-53-56(75-59(64)47-44-41-38-35-30-21-18-15-12-9-6-3)52-70-58(63)46-43-40-37-34-32-29-27-25-23-20-17-14-11-8-5-2/h24,26,54-56,60-61H,4-23,25,27-53H2,1-3H3,(H,65,66)(H,67,68)/b26-24-. The number of esters is 3.